The van der Waals surface area contributed by atoms with Crippen LogP contribution in [0.3, 0.4) is 0 Å². The summed E-state index contributed by atoms with van der Waals surface area (Å²) in [6.45, 7) is 4.21. The SMILES string of the molecule is c1ccc2c(N3CCOCC3)nc(Nc3ccc4c(c3)OCCO4)nc2c1. The number of ether oxygens (including phenoxy) is 3. The number of aromatic nitrogens is 2. The Morgan fingerprint density at radius 1 is 0.852 bits per heavy atom. The molecule has 0 unspecified atom stereocenters. The van der Waals surface area contributed by atoms with Crippen LogP contribution in [0.15, 0.2) is 42.5 Å². The zero-order chi connectivity index (χ0) is 18.1. The fourth-order valence-corrected chi connectivity index (χ4v) is 3.38. The van der Waals surface area contributed by atoms with E-state index in [9.17, 15) is 0 Å². The maximum Gasteiger partial charge on any atom is 0.229 e. The van der Waals surface area contributed by atoms with Gasteiger partial charge < -0.3 is 24.4 Å². The highest BCUT2D eigenvalue weighted by Crippen LogP contribution is 2.34. The van der Waals surface area contributed by atoms with E-state index in [0.717, 1.165) is 47.0 Å². The van der Waals surface area contributed by atoms with Crippen LogP contribution >= 0.6 is 0 Å². The van der Waals surface area contributed by atoms with Crippen molar-refractivity contribution in [3.63, 3.8) is 0 Å². The van der Waals surface area contributed by atoms with Crippen molar-refractivity contribution in [2.45, 2.75) is 0 Å². The van der Waals surface area contributed by atoms with Gasteiger partial charge in [-0.2, -0.15) is 4.98 Å². The van der Waals surface area contributed by atoms with Crippen LogP contribution in [0.1, 0.15) is 0 Å². The van der Waals surface area contributed by atoms with Crippen LogP contribution in [0, 0.1) is 0 Å². The summed E-state index contributed by atoms with van der Waals surface area (Å²) in [5, 5.41) is 4.36. The summed E-state index contributed by atoms with van der Waals surface area (Å²) in [4.78, 5) is 11.7. The predicted molar refractivity (Wildman–Crippen MR) is 103 cm³/mol. The van der Waals surface area contributed by atoms with Crippen molar-refractivity contribution < 1.29 is 14.2 Å². The van der Waals surface area contributed by atoms with Gasteiger partial charge in [0.25, 0.3) is 0 Å². The zero-order valence-electron chi connectivity index (χ0n) is 14.9. The van der Waals surface area contributed by atoms with Crippen LogP contribution in [-0.2, 0) is 4.74 Å². The van der Waals surface area contributed by atoms with Crippen molar-refractivity contribution in [1.82, 2.24) is 9.97 Å². The molecule has 2 aliphatic rings. The van der Waals surface area contributed by atoms with E-state index in [1.165, 1.54) is 0 Å². The molecule has 2 aliphatic heterocycles. The lowest BCUT2D eigenvalue weighted by atomic mass is 10.2. The quantitative estimate of drug-likeness (QED) is 0.766. The Labute approximate surface area is 156 Å². The molecule has 0 aliphatic carbocycles. The number of rotatable bonds is 3. The van der Waals surface area contributed by atoms with Crippen molar-refractivity contribution in [2.75, 3.05) is 49.7 Å². The van der Waals surface area contributed by atoms with Gasteiger partial charge in [0.05, 0.1) is 18.7 Å². The summed E-state index contributed by atoms with van der Waals surface area (Å²) in [5.74, 6) is 3.00. The molecule has 2 aromatic carbocycles. The standard InChI is InChI=1S/C20H20N4O3/c1-2-4-16-15(3-1)19(24-7-9-25-10-8-24)23-20(22-16)21-14-5-6-17-18(13-14)27-12-11-26-17/h1-6,13H,7-12H2,(H,21,22,23). The van der Waals surface area contributed by atoms with Crippen LogP contribution in [0.5, 0.6) is 11.5 Å². The van der Waals surface area contributed by atoms with Crippen molar-refractivity contribution in [3.8, 4) is 11.5 Å². The number of benzene rings is 2. The van der Waals surface area contributed by atoms with Gasteiger partial charge in [0.2, 0.25) is 5.95 Å². The minimum Gasteiger partial charge on any atom is -0.486 e. The van der Waals surface area contributed by atoms with Crippen LogP contribution in [0.4, 0.5) is 17.5 Å². The predicted octanol–water partition coefficient (Wildman–Crippen LogP) is 2.98. The van der Waals surface area contributed by atoms with Gasteiger partial charge in [-0.3, -0.25) is 0 Å². The number of hydrogen-bond acceptors (Lipinski definition) is 7. The van der Waals surface area contributed by atoms with E-state index in [1.54, 1.807) is 0 Å². The van der Waals surface area contributed by atoms with E-state index in [-0.39, 0.29) is 0 Å². The maximum absolute atomic E-state index is 5.66. The minimum absolute atomic E-state index is 0.560. The first-order valence-electron chi connectivity index (χ1n) is 9.13. The third-order valence-electron chi connectivity index (χ3n) is 4.69. The van der Waals surface area contributed by atoms with E-state index in [1.807, 2.05) is 36.4 Å². The Bertz CT molecular complexity index is 973. The third kappa shape index (κ3) is 3.21. The summed E-state index contributed by atoms with van der Waals surface area (Å²) in [7, 11) is 0. The van der Waals surface area contributed by atoms with Crippen LogP contribution in [0.25, 0.3) is 10.9 Å². The van der Waals surface area contributed by atoms with Gasteiger partial charge in [-0.05, 0) is 24.3 Å². The molecule has 3 heterocycles. The van der Waals surface area contributed by atoms with Crippen molar-refractivity contribution in [1.29, 1.82) is 0 Å². The number of hydrogen-bond donors (Lipinski definition) is 1. The van der Waals surface area contributed by atoms with E-state index >= 15 is 0 Å². The number of anilines is 3. The molecule has 138 valence electrons. The fourth-order valence-electron chi connectivity index (χ4n) is 3.38. The molecule has 7 nitrogen and oxygen atoms in total. The monoisotopic (exact) mass is 364 g/mol. The number of nitrogens with one attached hydrogen (secondary N) is 1. The average molecular weight is 364 g/mol. The molecular weight excluding hydrogens is 344 g/mol. The molecule has 7 heteroatoms. The molecule has 5 rings (SSSR count). The Hall–Kier alpha value is -3.06. The first-order valence-corrected chi connectivity index (χ1v) is 9.13. The maximum atomic E-state index is 5.66. The van der Waals surface area contributed by atoms with Crippen LogP contribution < -0.4 is 19.7 Å². The van der Waals surface area contributed by atoms with Crippen LogP contribution in [0.2, 0.25) is 0 Å². The summed E-state index contributed by atoms with van der Waals surface area (Å²) in [6, 6.07) is 13.8. The molecule has 1 aromatic heterocycles. The lowest BCUT2D eigenvalue weighted by molar-refractivity contribution is 0.122. The Morgan fingerprint density at radius 2 is 1.67 bits per heavy atom. The van der Waals surface area contributed by atoms with E-state index in [2.05, 4.69) is 21.3 Å². The molecule has 3 aromatic rings. The normalized spacial score (nSPS) is 16.4. The van der Waals surface area contributed by atoms with Gasteiger partial charge in [0.15, 0.2) is 11.5 Å². The second kappa shape index (κ2) is 6.92. The van der Waals surface area contributed by atoms with E-state index < -0.39 is 0 Å². The molecule has 1 saturated heterocycles. The lowest BCUT2D eigenvalue weighted by Crippen LogP contribution is -2.37. The molecule has 0 atom stereocenters. The number of fused-ring (bicyclic) bond motifs is 2. The smallest absolute Gasteiger partial charge is 0.229 e. The number of nitrogens with zero attached hydrogens (tertiary/aromatic N) is 3. The van der Waals surface area contributed by atoms with Gasteiger partial charge in [-0.25, -0.2) is 4.98 Å². The molecule has 0 radical (unpaired) electrons. The molecule has 0 spiro atoms. The van der Waals surface area contributed by atoms with Crippen molar-refractivity contribution in [3.05, 3.63) is 42.5 Å². The molecule has 0 amide bonds. The van der Waals surface area contributed by atoms with Crippen molar-refractivity contribution in [2.24, 2.45) is 0 Å². The van der Waals surface area contributed by atoms with Crippen molar-refractivity contribution >= 4 is 28.4 Å². The second-order valence-electron chi connectivity index (χ2n) is 6.47. The molecule has 0 bridgehead atoms. The number of morpholine rings is 1. The molecule has 1 N–H and O–H groups in total. The molecule has 27 heavy (non-hydrogen) atoms. The van der Waals surface area contributed by atoms with Gasteiger partial charge in [0, 0.05) is 30.2 Å². The highest BCUT2D eigenvalue weighted by Gasteiger charge is 2.18. The minimum atomic E-state index is 0.560. The Balaban J connectivity index is 1.51. The highest BCUT2D eigenvalue weighted by molar-refractivity contribution is 5.90. The van der Waals surface area contributed by atoms with Gasteiger partial charge in [-0.15, -0.1) is 0 Å². The first kappa shape index (κ1) is 16.1. The summed E-state index contributed by atoms with van der Waals surface area (Å²) < 4.78 is 16.7. The van der Waals surface area contributed by atoms with Crippen LogP contribution in [-0.4, -0.2) is 49.5 Å². The van der Waals surface area contributed by atoms with Gasteiger partial charge >= 0.3 is 0 Å². The summed E-state index contributed by atoms with van der Waals surface area (Å²) in [5.41, 5.74) is 1.77. The fraction of sp³-hybridized carbons (Fsp3) is 0.300. The van der Waals surface area contributed by atoms with E-state index in [0.29, 0.717) is 32.4 Å². The molecule has 1 fully saturated rings. The third-order valence-corrected chi connectivity index (χ3v) is 4.69. The topological polar surface area (TPSA) is 68.7 Å². The number of para-hydroxylation sites is 1. The Kier molecular flexibility index (Phi) is 4.14. The largest absolute Gasteiger partial charge is 0.486 e. The molecule has 0 saturated carbocycles. The van der Waals surface area contributed by atoms with Gasteiger partial charge in [-0.1, -0.05) is 12.1 Å². The lowest BCUT2D eigenvalue weighted by Gasteiger charge is -2.29. The molecular formula is C20H20N4O3. The summed E-state index contributed by atoms with van der Waals surface area (Å²) in [6.07, 6.45) is 0. The Morgan fingerprint density at radius 3 is 2.56 bits per heavy atom. The summed E-state index contributed by atoms with van der Waals surface area (Å²) >= 11 is 0. The van der Waals surface area contributed by atoms with Gasteiger partial charge in [0.1, 0.15) is 19.0 Å². The first-order chi connectivity index (χ1) is 13.4. The average Bonchev–Trinajstić information content (AvgIpc) is 2.74. The van der Waals surface area contributed by atoms with E-state index in [4.69, 9.17) is 19.2 Å². The second-order valence-corrected chi connectivity index (χ2v) is 6.47. The zero-order valence-corrected chi connectivity index (χ0v) is 14.9. The highest BCUT2D eigenvalue weighted by atomic mass is 16.6.